The van der Waals surface area contributed by atoms with E-state index in [9.17, 15) is 4.79 Å². The molecule has 0 radical (unpaired) electrons. The molecule has 0 atom stereocenters. The van der Waals surface area contributed by atoms with Crippen LogP contribution in [0.2, 0.25) is 0 Å². The second kappa shape index (κ2) is 7.23. The first kappa shape index (κ1) is 17.4. The zero-order chi connectivity index (χ0) is 18.0. The van der Waals surface area contributed by atoms with Gasteiger partial charge in [0.2, 0.25) is 0 Å². The molecule has 0 aliphatic heterocycles. The molecule has 128 valence electrons. The highest BCUT2D eigenvalue weighted by atomic mass is 32.2. The van der Waals surface area contributed by atoms with Gasteiger partial charge in [0.1, 0.15) is 0 Å². The summed E-state index contributed by atoms with van der Waals surface area (Å²) in [6.45, 7) is 6.02. The molecule has 3 aromatic rings. The molecule has 1 aromatic heterocycles. The van der Waals surface area contributed by atoms with Crippen LogP contribution in [0.25, 0.3) is 11.4 Å². The van der Waals surface area contributed by atoms with Gasteiger partial charge in [-0.3, -0.25) is 4.79 Å². The summed E-state index contributed by atoms with van der Waals surface area (Å²) in [7, 11) is 1.93. The van der Waals surface area contributed by atoms with Gasteiger partial charge in [0, 0.05) is 18.2 Å². The van der Waals surface area contributed by atoms with E-state index in [1.54, 1.807) is 0 Å². The number of thioether (sulfide) groups is 1. The van der Waals surface area contributed by atoms with E-state index in [1.165, 1.54) is 17.3 Å². The molecule has 0 saturated heterocycles. The van der Waals surface area contributed by atoms with Crippen LogP contribution in [0, 0.1) is 20.8 Å². The number of carbonyl (C=O) groups is 1. The summed E-state index contributed by atoms with van der Waals surface area (Å²) in [5, 5.41) is 9.29. The maximum absolute atomic E-state index is 12.5. The summed E-state index contributed by atoms with van der Waals surface area (Å²) in [6.07, 6.45) is 0. The van der Waals surface area contributed by atoms with Crippen molar-refractivity contribution in [3.05, 3.63) is 64.7 Å². The van der Waals surface area contributed by atoms with Crippen LogP contribution >= 0.6 is 11.8 Å². The third kappa shape index (κ3) is 3.82. The number of aromatic nitrogens is 3. The third-order valence-electron chi connectivity index (χ3n) is 4.14. The van der Waals surface area contributed by atoms with Crippen LogP contribution in [0.4, 0.5) is 0 Å². The molecular formula is C20H21N3OS. The van der Waals surface area contributed by atoms with Crippen molar-refractivity contribution in [2.45, 2.75) is 25.9 Å². The molecule has 0 saturated carbocycles. The lowest BCUT2D eigenvalue weighted by molar-refractivity contribution is 0.102. The van der Waals surface area contributed by atoms with E-state index in [-0.39, 0.29) is 5.78 Å². The highest BCUT2D eigenvalue weighted by Gasteiger charge is 2.15. The molecule has 4 nitrogen and oxygen atoms in total. The number of benzene rings is 2. The van der Waals surface area contributed by atoms with Gasteiger partial charge in [-0.15, -0.1) is 10.2 Å². The van der Waals surface area contributed by atoms with E-state index in [0.717, 1.165) is 33.2 Å². The second-order valence-corrected chi connectivity index (χ2v) is 7.21. The van der Waals surface area contributed by atoms with Crippen molar-refractivity contribution in [1.29, 1.82) is 0 Å². The minimum atomic E-state index is 0.117. The summed E-state index contributed by atoms with van der Waals surface area (Å²) in [4.78, 5) is 12.5. The Morgan fingerprint density at radius 1 is 1.04 bits per heavy atom. The molecule has 0 amide bonds. The molecule has 0 spiro atoms. The zero-order valence-corrected chi connectivity index (χ0v) is 15.7. The largest absolute Gasteiger partial charge is 0.305 e. The van der Waals surface area contributed by atoms with Crippen molar-refractivity contribution in [3.8, 4) is 11.4 Å². The Morgan fingerprint density at radius 2 is 1.80 bits per heavy atom. The quantitative estimate of drug-likeness (QED) is 0.505. The molecule has 0 aliphatic rings. The molecular weight excluding hydrogens is 330 g/mol. The van der Waals surface area contributed by atoms with E-state index in [4.69, 9.17) is 0 Å². The highest BCUT2D eigenvalue weighted by molar-refractivity contribution is 7.99. The van der Waals surface area contributed by atoms with Crippen LogP contribution < -0.4 is 0 Å². The Hall–Kier alpha value is -2.40. The Morgan fingerprint density at radius 3 is 2.56 bits per heavy atom. The zero-order valence-electron chi connectivity index (χ0n) is 14.9. The predicted molar refractivity (Wildman–Crippen MR) is 102 cm³/mol. The van der Waals surface area contributed by atoms with E-state index < -0.39 is 0 Å². The lowest BCUT2D eigenvalue weighted by atomic mass is 10.0. The van der Waals surface area contributed by atoms with Crippen LogP contribution in [0.15, 0.2) is 47.6 Å². The van der Waals surface area contributed by atoms with Gasteiger partial charge in [0.25, 0.3) is 0 Å². The maximum Gasteiger partial charge on any atom is 0.191 e. The van der Waals surface area contributed by atoms with Gasteiger partial charge in [-0.1, -0.05) is 53.2 Å². The number of hydrogen-bond acceptors (Lipinski definition) is 4. The van der Waals surface area contributed by atoms with E-state index in [0.29, 0.717) is 5.75 Å². The van der Waals surface area contributed by atoms with Crippen molar-refractivity contribution in [1.82, 2.24) is 14.8 Å². The van der Waals surface area contributed by atoms with Gasteiger partial charge in [-0.05, 0) is 38.5 Å². The average molecular weight is 351 g/mol. The number of hydrogen-bond donors (Lipinski definition) is 0. The third-order valence-corrected chi connectivity index (χ3v) is 5.16. The maximum atomic E-state index is 12.5. The molecule has 0 N–H and O–H groups in total. The van der Waals surface area contributed by atoms with Crippen molar-refractivity contribution in [2.75, 3.05) is 5.75 Å². The Balaban J connectivity index is 1.76. The molecule has 0 unspecified atom stereocenters. The topological polar surface area (TPSA) is 47.8 Å². The highest BCUT2D eigenvalue weighted by Crippen LogP contribution is 2.24. The summed E-state index contributed by atoms with van der Waals surface area (Å²) >= 11 is 1.42. The van der Waals surface area contributed by atoms with Gasteiger partial charge < -0.3 is 4.57 Å². The molecule has 1 heterocycles. The Kier molecular flexibility index (Phi) is 5.04. The first-order valence-electron chi connectivity index (χ1n) is 8.15. The summed E-state index contributed by atoms with van der Waals surface area (Å²) in [5.41, 5.74) is 5.10. The number of rotatable bonds is 5. The summed E-state index contributed by atoms with van der Waals surface area (Å²) in [5.74, 6) is 1.28. The average Bonchev–Trinajstić information content (AvgIpc) is 2.95. The minimum Gasteiger partial charge on any atom is -0.305 e. The molecule has 5 heteroatoms. The fourth-order valence-corrected chi connectivity index (χ4v) is 3.51. The SMILES string of the molecule is Cc1cccc(-c2nnc(SCC(=O)c3cc(C)ccc3C)n2C)c1. The number of Topliss-reactive ketones (excluding diaryl/α,β-unsaturated/α-hetero) is 1. The molecule has 25 heavy (non-hydrogen) atoms. The number of nitrogens with zero attached hydrogens (tertiary/aromatic N) is 3. The normalized spacial score (nSPS) is 10.9. The van der Waals surface area contributed by atoms with E-state index in [2.05, 4.69) is 29.3 Å². The van der Waals surface area contributed by atoms with E-state index in [1.807, 2.05) is 55.8 Å². The van der Waals surface area contributed by atoms with Crippen molar-refractivity contribution >= 4 is 17.5 Å². The van der Waals surface area contributed by atoms with Crippen molar-refractivity contribution < 1.29 is 4.79 Å². The summed E-state index contributed by atoms with van der Waals surface area (Å²) < 4.78 is 1.94. The molecule has 0 bridgehead atoms. The Labute approximate surface area is 152 Å². The first-order chi connectivity index (χ1) is 12.0. The molecule has 2 aromatic carbocycles. The number of aryl methyl sites for hydroxylation is 3. The fraction of sp³-hybridized carbons (Fsp3) is 0.250. The van der Waals surface area contributed by atoms with Crippen LogP contribution in [0.3, 0.4) is 0 Å². The lowest BCUT2D eigenvalue weighted by Gasteiger charge is -2.07. The van der Waals surface area contributed by atoms with Gasteiger partial charge in [0.05, 0.1) is 5.75 Å². The molecule has 0 aliphatic carbocycles. The van der Waals surface area contributed by atoms with E-state index >= 15 is 0 Å². The second-order valence-electron chi connectivity index (χ2n) is 6.26. The minimum absolute atomic E-state index is 0.117. The van der Waals surface area contributed by atoms with Crippen LogP contribution in [-0.4, -0.2) is 26.3 Å². The van der Waals surface area contributed by atoms with Crippen LogP contribution in [0.1, 0.15) is 27.0 Å². The summed E-state index contributed by atoms with van der Waals surface area (Å²) in [6, 6.07) is 14.1. The van der Waals surface area contributed by atoms with Gasteiger partial charge in [0.15, 0.2) is 16.8 Å². The van der Waals surface area contributed by atoms with Crippen LogP contribution in [-0.2, 0) is 7.05 Å². The van der Waals surface area contributed by atoms with Gasteiger partial charge >= 0.3 is 0 Å². The fourth-order valence-electron chi connectivity index (χ4n) is 2.72. The lowest BCUT2D eigenvalue weighted by Crippen LogP contribution is -2.06. The number of carbonyl (C=O) groups excluding carboxylic acids is 1. The molecule has 0 fully saturated rings. The van der Waals surface area contributed by atoms with Crippen LogP contribution in [0.5, 0.6) is 0 Å². The predicted octanol–water partition coefficient (Wildman–Crippen LogP) is 4.38. The Bertz CT molecular complexity index is 930. The molecule has 3 rings (SSSR count). The van der Waals surface area contributed by atoms with Crippen molar-refractivity contribution in [2.24, 2.45) is 7.05 Å². The van der Waals surface area contributed by atoms with Crippen molar-refractivity contribution in [3.63, 3.8) is 0 Å². The monoisotopic (exact) mass is 351 g/mol. The number of ketones is 1. The van der Waals surface area contributed by atoms with Gasteiger partial charge in [-0.25, -0.2) is 0 Å². The van der Waals surface area contributed by atoms with Gasteiger partial charge in [-0.2, -0.15) is 0 Å². The smallest absolute Gasteiger partial charge is 0.191 e. The first-order valence-corrected chi connectivity index (χ1v) is 9.14. The standard InChI is InChI=1S/C20H21N3OS/c1-13-6-5-7-16(10-13)19-21-22-20(23(19)4)25-12-18(24)17-11-14(2)8-9-15(17)3/h5-11H,12H2,1-4H3.